The van der Waals surface area contributed by atoms with Gasteiger partial charge < -0.3 is 4.57 Å². The van der Waals surface area contributed by atoms with Crippen LogP contribution in [0.5, 0.6) is 0 Å². The average molecular weight is 418 g/mol. The number of fused-ring (bicyclic) bond motifs is 1. The molecule has 1 aromatic carbocycles. The van der Waals surface area contributed by atoms with Crippen LogP contribution < -0.4 is 0 Å². The molecule has 0 fully saturated rings. The van der Waals surface area contributed by atoms with Gasteiger partial charge in [-0.05, 0) is 47.7 Å². The van der Waals surface area contributed by atoms with Crippen molar-refractivity contribution in [3.05, 3.63) is 43.7 Å². The summed E-state index contributed by atoms with van der Waals surface area (Å²) in [5, 5.41) is 1.10. The number of hydrogen-bond donors (Lipinski definition) is 0. The van der Waals surface area contributed by atoms with E-state index in [1.165, 1.54) is 8.45 Å². The van der Waals surface area contributed by atoms with Gasteiger partial charge in [0.05, 0.1) is 22.6 Å². The van der Waals surface area contributed by atoms with Crippen molar-refractivity contribution in [1.29, 1.82) is 0 Å². The van der Waals surface area contributed by atoms with Crippen molar-refractivity contribution in [3.8, 4) is 0 Å². The highest BCUT2D eigenvalue weighted by atomic mass is 127. The number of alkyl halides is 1. The lowest BCUT2D eigenvalue weighted by molar-refractivity contribution is 0.762. The van der Waals surface area contributed by atoms with Crippen molar-refractivity contribution in [2.24, 2.45) is 0 Å². The Balaban J connectivity index is 2.08. The van der Waals surface area contributed by atoms with E-state index in [4.69, 9.17) is 16.6 Å². The average Bonchev–Trinajstić information content (AvgIpc) is 2.95. The van der Waals surface area contributed by atoms with Crippen LogP contribution in [0.1, 0.15) is 15.7 Å². The van der Waals surface area contributed by atoms with E-state index in [0.29, 0.717) is 5.88 Å². The van der Waals surface area contributed by atoms with Gasteiger partial charge in [0.25, 0.3) is 0 Å². The monoisotopic (exact) mass is 417 g/mol. The first-order valence-electron chi connectivity index (χ1n) is 6.29. The second-order valence-electron chi connectivity index (χ2n) is 4.53. The molecule has 0 saturated heterocycles. The molecule has 0 aliphatic rings. The molecule has 0 aliphatic heterocycles. The zero-order valence-electron chi connectivity index (χ0n) is 10.9. The Morgan fingerprint density at radius 1 is 1.40 bits per heavy atom. The fraction of sp³-hybridized carbons (Fsp3) is 0.286. The highest BCUT2D eigenvalue weighted by molar-refractivity contribution is 14.1. The molecule has 0 unspecified atom stereocenters. The molecule has 0 bridgehead atoms. The van der Waals surface area contributed by atoms with Crippen molar-refractivity contribution < 1.29 is 0 Å². The molecule has 0 aliphatic carbocycles. The number of nitrogens with zero attached hydrogens (tertiary/aromatic N) is 3. The van der Waals surface area contributed by atoms with Gasteiger partial charge in [-0.25, -0.2) is 9.97 Å². The molecule has 0 atom stereocenters. The van der Waals surface area contributed by atoms with E-state index in [-0.39, 0.29) is 0 Å². The largest absolute Gasteiger partial charge is 0.323 e. The Morgan fingerprint density at radius 2 is 2.25 bits per heavy atom. The summed E-state index contributed by atoms with van der Waals surface area (Å²) in [4.78, 5) is 10.3. The lowest BCUT2D eigenvalue weighted by atomic mass is 10.3. The predicted molar refractivity (Wildman–Crippen MR) is 92.8 cm³/mol. The molecular weight excluding hydrogens is 405 g/mol. The minimum Gasteiger partial charge on any atom is -0.323 e. The first kappa shape index (κ1) is 14.3. The fourth-order valence-corrected chi connectivity index (χ4v) is 3.67. The maximum atomic E-state index is 5.91. The normalized spacial score (nSPS) is 11.3. The number of thiazole rings is 1. The summed E-state index contributed by atoms with van der Waals surface area (Å²) in [6, 6.07) is 6.36. The summed E-state index contributed by atoms with van der Waals surface area (Å²) in [6.45, 7) is 2.84. The van der Waals surface area contributed by atoms with Crippen LogP contribution in [0.15, 0.2) is 24.4 Å². The zero-order chi connectivity index (χ0) is 14.1. The Kier molecular flexibility index (Phi) is 4.28. The summed E-state index contributed by atoms with van der Waals surface area (Å²) >= 11 is 9.95. The molecule has 0 saturated carbocycles. The maximum Gasteiger partial charge on any atom is 0.111 e. The van der Waals surface area contributed by atoms with Crippen LogP contribution in [0.2, 0.25) is 0 Å². The van der Waals surface area contributed by atoms with Crippen molar-refractivity contribution in [1.82, 2.24) is 14.5 Å². The van der Waals surface area contributed by atoms with Crippen molar-refractivity contribution >= 4 is 56.6 Å². The third kappa shape index (κ3) is 2.84. The van der Waals surface area contributed by atoms with E-state index >= 15 is 0 Å². The standard InChI is InChI=1S/C14H13ClIN3S/c1-9-17-7-11(20-9)8-19-13-3-2-10(16)6-12(13)18-14(19)4-5-15/h2-3,6-7H,4-5,8H2,1H3. The van der Waals surface area contributed by atoms with E-state index in [1.807, 2.05) is 13.1 Å². The van der Waals surface area contributed by atoms with Crippen LogP contribution in [0.25, 0.3) is 11.0 Å². The summed E-state index contributed by atoms with van der Waals surface area (Å²) in [6.07, 6.45) is 2.73. The van der Waals surface area contributed by atoms with Gasteiger partial charge in [-0.3, -0.25) is 0 Å². The highest BCUT2D eigenvalue weighted by Crippen LogP contribution is 2.22. The molecule has 2 heterocycles. The van der Waals surface area contributed by atoms with Gasteiger partial charge in [0.15, 0.2) is 0 Å². The Labute approximate surface area is 140 Å². The minimum atomic E-state index is 0.585. The van der Waals surface area contributed by atoms with Crippen LogP contribution in [-0.4, -0.2) is 20.4 Å². The summed E-state index contributed by atoms with van der Waals surface area (Å²) < 4.78 is 3.45. The number of hydrogen-bond acceptors (Lipinski definition) is 3. The quantitative estimate of drug-likeness (QED) is 0.470. The van der Waals surface area contributed by atoms with Crippen LogP contribution in [0, 0.1) is 10.5 Å². The summed E-state index contributed by atoms with van der Waals surface area (Å²) in [7, 11) is 0. The van der Waals surface area contributed by atoms with Gasteiger partial charge in [0, 0.05) is 26.9 Å². The number of aromatic nitrogens is 3. The molecule has 2 aromatic heterocycles. The topological polar surface area (TPSA) is 30.7 Å². The number of rotatable bonds is 4. The van der Waals surface area contributed by atoms with Crippen LogP contribution in [0.4, 0.5) is 0 Å². The van der Waals surface area contributed by atoms with E-state index in [2.05, 4.69) is 50.3 Å². The first-order valence-corrected chi connectivity index (χ1v) is 8.72. The van der Waals surface area contributed by atoms with Crippen molar-refractivity contribution in [3.63, 3.8) is 0 Å². The first-order chi connectivity index (χ1) is 9.67. The van der Waals surface area contributed by atoms with Crippen molar-refractivity contribution in [2.45, 2.75) is 19.9 Å². The third-order valence-electron chi connectivity index (χ3n) is 3.09. The second-order valence-corrected chi connectivity index (χ2v) is 7.47. The maximum absolute atomic E-state index is 5.91. The Morgan fingerprint density at radius 3 is 2.95 bits per heavy atom. The highest BCUT2D eigenvalue weighted by Gasteiger charge is 2.12. The van der Waals surface area contributed by atoms with Crippen LogP contribution >= 0.6 is 45.5 Å². The Hall–Kier alpha value is -0.660. The lowest BCUT2D eigenvalue weighted by Gasteiger charge is -2.06. The number of aryl methyl sites for hydroxylation is 2. The van der Waals surface area contributed by atoms with Gasteiger partial charge in [0.2, 0.25) is 0 Å². The smallest absolute Gasteiger partial charge is 0.111 e. The summed E-state index contributed by atoms with van der Waals surface area (Å²) in [5.74, 6) is 1.63. The molecule has 3 aromatic rings. The molecule has 0 amide bonds. The number of benzene rings is 1. The predicted octanol–water partition coefficient (Wildman–Crippen LogP) is 4.24. The minimum absolute atomic E-state index is 0.585. The molecule has 0 radical (unpaired) electrons. The van der Waals surface area contributed by atoms with Crippen LogP contribution in [0.3, 0.4) is 0 Å². The zero-order valence-corrected chi connectivity index (χ0v) is 14.7. The lowest BCUT2D eigenvalue weighted by Crippen LogP contribution is -2.04. The molecule has 3 nitrogen and oxygen atoms in total. The van der Waals surface area contributed by atoms with Gasteiger partial charge in [0.1, 0.15) is 5.82 Å². The summed E-state index contributed by atoms with van der Waals surface area (Å²) in [5.41, 5.74) is 2.20. The SMILES string of the molecule is Cc1ncc(Cn2c(CCCl)nc3cc(I)ccc32)s1. The van der Waals surface area contributed by atoms with Gasteiger partial charge in [-0.2, -0.15) is 0 Å². The van der Waals surface area contributed by atoms with Gasteiger partial charge in [-0.1, -0.05) is 0 Å². The molecular formula is C14H13ClIN3S. The fourth-order valence-electron chi connectivity index (χ4n) is 2.24. The number of halogens is 2. The van der Waals surface area contributed by atoms with E-state index < -0.39 is 0 Å². The van der Waals surface area contributed by atoms with E-state index in [9.17, 15) is 0 Å². The molecule has 6 heteroatoms. The third-order valence-corrected chi connectivity index (χ3v) is 4.85. The van der Waals surface area contributed by atoms with Gasteiger partial charge in [-0.15, -0.1) is 22.9 Å². The number of imidazole rings is 1. The molecule has 0 N–H and O–H groups in total. The van der Waals surface area contributed by atoms with E-state index in [0.717, 1.165) is 34.8 Å². The van der Waals surface area contributed by atoms with Gasteiger partial charge >= 0.3 is 0 Å². The Bertz CT molecular complexity index is 750. The molecule has 104 valence electrons. The second kappa shape index (κ2) is 5.99. The molecule has 0 spiro atoms. The molecule has 20 heavy (non-hydrogen) atoms. The van der Waals surface area contributed by atoms with Crippen LogP contribution in [-0.2, 0) is 13.0 Å². The molecule has 3 rings (SSSR count). The van der Waals surface area contributed by atoms with E-state index in [1.54, 1.807) is 11.3 Å². The van der Waals surface area contributed by atoms with Crippen molar-refractivity contribution in [2.75, 3.05) is 5.88 Å².